The summed E-state index contributed by atoms with van der Waals surface area (Å²) in [5, 5.41) is 9.06. The minimum atomic E-state index is -0.922. The van der Waals surface area contributed by atoms with Crippen LogP contribution in [0.3, 0.4) is 0 Å². The summed E-state index contributed by atoms with van der Waals surface area (Å²) in [6.45, 7) is 6.31. The molecule has 1 N–H and O–H groups in total. The van der Waals surface area contributed by atoms with Crippen LogP contribution in [-0.2, 0) is 9.59 Å². The lowest BCUT2D eigenvalue weighted by Gasteiger charge is -2.26. The normalized spacial score (nSPS) is 12.1. The van der Waals surface area contributed by atoms with Crippen LogP contribution in [0.1, 0.15) is 91.4 Å². The lowest BCUT2D eigenvalue weighted by molar-refractivity contribution is -0.149. The molecule has 1 amide bonds. The van der Waals surface area contributed by atoms with Gasteiger partial charge in [0.2, 0.25) is 5.91 Å². The highest BCUT2D eigenvalue weighted by Gasteiger charge is 2.23. The van der Waals surface area contributed by atoms with Gasteiger partial charge in [-0.05, 0) is 19.8 Å². The number of hydrogen-bond donors (Lipinski definition) is 1. The van der Waals surface area contributed by atoms with E-state index >= 15 is 0 Å². The molecule has 0 saturated carbocycles. The maximum atomic E-state index is 12.1. The zero-order valence-electron chi connectivity index (χ0n) is 14.8. The van der Waals surface area contributed by atoms with Crippen molar-refractivity contribution < 1.29 is 14.7 Å². The number of hydrogen-bond acceptors (Lipinski definition) is 2. The molecule has 130 valence electrons. The van der Waals surface area contributed by atoms with Crippen LogP contribution in [0.4, 0.5) is 0 Å². The highest BCUT2D eigenvalue weighted by molar-refractivity contribution is 5.83. The molecule has 0 spiro atoms. The van der Waals surface area contributed by atoms with Crippen molar-refractivity contribution in [3.63, 3.8) is 0 Å². The molecule has 0 heterocycles. The summed E-state index contributed by atoms with van der Waals surface area (Å²) in [4.78, 5) is 24.7. The largest absolute Gasteiger partial charge is 0.480 e. The van der Waals surface area contributed by atoms with E-state index in [4.69, 9.17) is 5.11 Å². The molecule has 1 unspecified atom stereocenters. The van der Waals surface area contributed by atoms with Gasteiger partial charge in [0.1, 0.15) is 6.04 Å². The third-order valence-corrected chi connectivity index (χ3v) is 4.10. The third kappa shape index (κ3) is 9.80. The van der Waals surface area contributed by atoms with Gasteiger partial charge in [-0.1, -0.05) is 65.2 Å². The smallest absolute Gasteiger partial charge is 0.326 e. The zero-order chi connectivity index (χ0) is 16.8. The predicted molar refractivity (Wildman–Crippen MR) is 90.9 cm³/mol. The number of rotatable bonds is 14. The van der Waals surface area contributed by atoms with Crippen LogP contribution in [0.5, 0.6) is 0 Å². The van der Waals surface area contributed by atoms with Crippen LogP contribution < -0.4 is 0 Å². The van der Waals surface area contributed by atoms with Crippen molar-refractivity contribution in [1.29, 1.82) is 0 Å². The summed E-state index contributed by atoms with van der Waals surface area (Å²) < 4.78 is 0. The topological polar surface area (TPSA) is 57.6 Å². The van der Waals surface area contributed by atoms with Crippen molar-refractivity contribution in [1.82, 2.24) is 4.90 Å². The van der Waals surface area contributed by atoms with Crippen LogP contribution in [0.15, 0.2) is 0 Å². The molecule has 0 bridgehead atoms. The van der Waals surface area contributed by atoms with E-state index < -0.39 is 12.0 Å². The fraction of sp³-hybridized carbons (Fsp3) is 0.889. The van der Waals surface area contributed by atoms with Crippen molar-refractivity contribution in [3.8, 4) is 0 Å². The van der Waals surface area contributed by atoms with Crippen molar-refractivity contribution in [2.45, 2.75) is 97.4 Å². The second-order valence-corrected chi connectivity index (χ2v) is 6.18. The van der Waals surface area contributed by atoms with Crippen molar-refractivity contribution >= 4 is 11.9 Å². The molecule has 0 aliphatic carbocycles. The third-order valence-electron chi connectivity index (χ3n) is 4.10. The van der Waals surface area contributed by atoms with E-state index in [1.165, 1.54) is 49.8 Å². The maximum Gasteiger partial charge on any atom is 0.326 e. The fourth-order valence-electron chi connectivity index (χ4n) is 2.64. The zero-order valence-corrected chi connectivity index (χ0v) is 14.8. The van der Waals surface area contributed by atoms with Crippen LogP contribution in [0.25, 0.3) is 0 Å². The molecule has 0 fully saturated rings. The van der Waals surface area contributed by atoms with Gasteiger partial charge in [0, 0.05) is 13.0 Å². The first-order chi connectivity index (χ1) is 10.5. The second kappa shape index (κ2) is 13.6. The van der Waals surface area contributed by atoms with Gasteiger partial charge in [-0.25, -0.2) is 4.79 Å². The van der Waals surface area contributed by atoms with Gasteiger partial charge in [-0.15, -0.1) is 0 Å². The van der Waals surface area contributed by atoms with Gasteiger partial charge in [-0.3, -0.25) is 4.79 Å². The van der Waals surface area contributed by atoms with E-state index in [0.717, 1.165) is 19.3 Å². The van der Waals surface area contributed by atoms with Crippen LogP contribution >= 0.6 is 0 Å². The van der Waals surface area contributed by atoms with Gasteiger partial charge in [0.05, 0.1) is 0 Å². The van der Waals surface area contributed by atoms with Gasteiger partial charge in [0.15, 0.2) is 0 Å². The quantitative estimate of drug-likeness (QED) is 0.476. The van der Waals surface area contributed by atoms with E-state index in [-0.39, 0.29) is 5.91 Å². The Morgan fingerprint density at radius 1 is 0.864 bits per heavy atom. The highest BCUT2D eigenvalue weighted by atomic mass is 16.4. The molecule has 0 aromatic heterocycles. The van der Waals surface area contributed by atoms with E-state index in [9.17, 15) is 9.59 Å². The number of carboxylic acid groups (broad SMARTS) is 1. The Bertz CT molecular complexity index is 305. The Morgan fingerprint density at radius 3 is 1.82 bits per heavy atom. The average molecular weight is 313 g/mol. The molecular formula is C18H35NO3. The summed E-state index contributed by atoms with van der Waals surface area (Å²) in [7, 11) is 0. The standard InChI is InChI=1S/C18H35NO3/c1-4-6-7-8-9-10-11-12-13-14-17(20)19(15-5-2)16(3)18(21)22/h16H,4-15H2,1-3H3,(H,21,22). The van der Waals surface area contributed by atoms with Gasteiger partial charge < -0.3 is 10.0 Å². The van der Waals surface area contributed by atoms with E-state index in [1.54, 1.807) is 6.92 Å². The number of carbonyl (C=O) groups excluding carboxylic acids is 1. The van der Waals surface area contributed by atoms with Gasteiger partial charge >= 0.3 is 5.97 Å². The SMILES string of the molecule is CCCCCCCCCCCC(=O)N(CCC)C(C)C(=O)O. The Morgan fingerprint density at radius 2 is 1.36 bits per heavy atom. The van der Waals surface area contributed by atoms with Crippen molar-refractivity contribution in [2.75, 3.05) is 6.54 Å². The van der Waals surface area contributed by atoms with Gasteiger partial charge in [-0.2, -0.15) is 0 Å². The maximum absolute atomic E-state index is 12.1. The van der Waals surface area contributed by atoms with E-state index in [0.29, 0.717) is 13.0 Å². The Kier molecular flexibility index (Phi) is 12.9. The minimum absolute atomic E-state index is 0.0142. The molecule has 0 radical (unpaired) electrons. The number of aliphatic carboxylic acids is 1. The first-order valence-corrected chi connectivity index (χ1v) is 9.06. The molecule has 4 heteroatoms. The minimum Gasteiger partial charge on any atom is -0.480 e. The monoisotopic (exact) mass is 313 g/mol. The van der Waals surface area contributed by atoms with Crippen LogP contribution in [-0.4, -0.2) is 34.5 Å². The highest BCUT2D eigenvalue weighted by Crippen LogP contribution is 2.12. The second-order valence-electron chi connectivity index (χ2n) is 6.18. The molecule has 0 aliphatic heterocycles. The molecule has 0 saturated heterocycles. The number of carboxylic acids is 1. The summed E-state index contributed by atoms with van der Waals surface area (Å²) >= 11 is 0. The van der Waals surface area contributed by atoms with Gasteiger partial charge in [0.25, 0.3) is 0 Å². The van der Waals surface area contributed by atoms with Crippen LogP contribution in [0, 0.1) is 0 Å². The molecule has 0 aliphatic rings. The summed E-state index contributed by atoms with van der Waals surface area (Å²) in [6, 6.07) is -0.717. The Labute approximate surface area is 136 Å². The summed E-state index contributed by atoms with van der Waals surface area (Å²) in [5.74, 6) is -0.937. The molecule has 1 atom stereocenters. The first-order valence-electron chi connectivity index (χ1n) is 9.06. The van der Waals surface area contributed by atoms with E-state index in [2.05, 4.69) is 6.92 Å². The number of carbonyl (C=O) groups is 2. The Hall–Kier alpha value is -1.06. The molecule has 0 rings (SSSR count). The molecule has 0 aromatic rings. The lowest BCUT2D eigenvalue weighted by atomic mass is 10.1. The lowest BCUT2D eigenvalue weighted by Crippen LogP contribution is -2.43. The Balaban J connectivity index is 3.79. The fourth-order valence-corrected chi connectivity index (χ4v) is 2.64. The molecule has 0 aromatic carbocycles. The first kappa shape index (κ1) is 20.9. The summed E-state index contributed by atoms with van der Waals surface area (Å²) in [5.41, 5.74) is 0. The number of nitrogens with zero attached hydrogens (tertiary/aromatic N) is 1. The molecular weight excluding hydrogens is 278 g/mol. The molecule has 4 nitrogen and oxygen atoms in total. The molecule has 22 heavy (non-hydrogen) atoms. The number of amides is 1. The predicted octanol–water partition coefficient (Wildman–Crippen LogP) is 4.62. The van der Waals surface area contributed by atoms with E-state index in [1.807, 2.05) is 6.92 Å². The van der Waals surface area contributed by atoms with Crippen molar-refractivity contribution in [3.05, 3.63) is 0 Å². The van der Waals surface area contributed by atoms with Crippen LogP contribution in [0.2, 0.25) is 0 Å². The summed E-state index contributed by atoms with van der Waals surface area (Å²) in [6.07, 6.45) is 12.2. The van der Waals surface area contributed by atoms with Crippen molar-refractivity contribution in [2.24, 2.45) is 0 Å². The number of unbranched alkanes of at least 4 members (excludes halogenated alkanes) is 8. The average Bonchev–Trinajstić information content (AvgIpc) is 2.50.